The van der Waals surface area contributed by atoms with E-state index < -0.39 is 0 Å². The number of benzene rings is 1. The average Bonchev–Trinajstić information content (AvgIpc) is 3.19. The Kier molecular flexibility index (Phi) is 3.92. The van der Waals surface area contributed by atoms with E-state index in [0.29, 0.717) is 12.3 Å². The van der Waals surface area contributed by atoms with Crippen molar-refractivity contribution in [1.29, 1.82) is 0 Å². The summed E-state index contributed by atoms with van der Waals surface area (Å²) in [6, 6.07) is 5.48. The summed E-state index contributed by atoms with van der Waals surface area (Å²) in [6.07, 6.45) is 4.51. The molecule has 1 amide bonds. The maximum Gasteiger partial charge on any atom is 0.225 e. The quantitative estimate of drug-likeness (QED) is 0.855. The molecule has 2 aromatic rings. The van der Waals surface area contributed by atoms with E-state index in [2.05, 4.69) is 17.2 Å². The van der Waals surface area contributed by atoms with E-state index in [9.17, 15) is 4.79 Å². The number of aromatic nitrogens is 1. The van der Waals surface area contributed by atoms with E-state index in [1.807, 2.05) is 18.2 Å². The Hall–Kier alpha value is -1.88. The predicted octanol–water partition coefficient (Wildman–Crippen LogP) is 3.16. The summed E-state index contributed by atoms with van der Waals surface area (Å²) in [5.74, 6) is 1.25. The number of rotatable bonds is 6. The van der Waals surface area contributed by atoms with Crippen molar-refractivity contribution < 1.29 is 9.21 Å². The van der Waals surface area contributed by atoms with Gasteiger partial charge in [-0.2, -0.15) is 0 Å². The molecule has 5 nitrogen and oxygen atoms in total. The molecule has 1 aliphatic rings. The summed E-state index contributed by atoms with van der Waals surface area (Å²) < 4.78 is 5.70. The van der Waals surface area contributed by atoms with Gasteiger partial charge in [0.2, 0.25) is 5.91 Å². The van der Waals surface area contributed by atoms with Crippen molar-refractivity contribution >= 4 is 22.7 Å². The second-order valence-corrected chi connectivity index (χ2v) is 5.81. The molecule has 0 radical (unpaired) electrons. The standard InChI is InChI=1S/C16H21N3O2/c1-2-3-11(17)8-15(20)18-12-6-7-14-13(9-12)19-16(21-14)10-4-5-10/h6-7,9-11H,2-5,8,17H2,1H3,(H,18,20). The van der Waals surface area contributed by atoms with Crippen molar-refractivity contribution in [3.8, 4) is 0 Å². The molecule has 0 spiro atoms. The van der Waals surface area contributed by atoms with Crippen LogP contribution in [0.3, 0.4) is 0 Å². The Labute approximate surface area is 123 Å². The van der Waals surface area contributed by atoms with Gasteiger partial charge in [0.05, 0.1) is 0 Å². The van der Waals surface area contributed by atoms with Crippen LogP contribution in [-0.2, 0) is 4.79 Å². The first-order chi connectivity index (χ1) is 10.2. The van der Waals surface area contributed by atoms with Crippen LogP contribution < -0.4 is 11.1 Å². The lowest BCUT2D eigenvalue weighted by atomic mass is 10.1. The molecule has 0 aliphatic heterocycles. The van der Waals surface area contributed by atoms with Gasteiger partial charge in [0, 0.05) is 24.1 Å². The molecule has 5 heteroatoms. The molecule has 0 saturated heterocycles. The van der Waals surface area contributed by atoms with Crippen LogP contribution in [0, 0.1) is 0 Å². The van der Waals surface area contributed by atoms with Gasteiger partial charge in [-0.1, -0.05) is 13.3 Å². The first-order valence-corrected chi connectivity index (χ1v) is 7.61. The van der Waals surface area contributed by atoms with Gasteiger partial charge in [-0.05, 0) is 37.5 Å². The molecular weight excluding hydrogens is 266 g/mol. The fourth-order valence-corrected chi connectivity index (χ4v) is 2.45. The lowest BCUT2D eigenvalue weighted by molar-refractivity contribution is -0.116. The third-order valence-electron chi connectivity index (χ3n) is 3.72. The highest BCUT2D eigenvalue weighted by atomic mass is 16.3. The number of anilines is 1. The van der Waals surface area contributed by atoms with Gasteiger partial charge in [-0.15, -0.1) is 0 Å². The number of carbonyl (C=O) groups is 1. The summed E-state index contributed by atoms with van der Waals surface area (Å²) in [4.78, 5) is 16.4. The maximum absolute atomic E-state index is 11.9. The summed E-state index contributed by atoms with van der Waals surface area (Å²) >= 11 is 0. The average molecular weight is 287 g/mol. The Balaban J connectivity index is 1.67. The van der Waals surface area contributed by atoms with Crippen LogP contribution in [-0.4, -0.2) is 16.9 Å². The number of fused-ring (bicyclic) bond motifs is 1. The molecule has 1 aromatic carbocycles. The van der Waals surface area contributed by atoms with E-state index in [1.165, 1.54) is 0 Å². The number of amides is 1. The van der Waals surface area contributed by atoms with Crippen molar-refractivity contribution in [2.45, 2.75) is 51.0 Å². The molecule has 0 bridgehead atoms. The molecule has 3 N–H and O–H groups in total. The Bertz CT molecular complexity index is 646. The van der Waals surface area contributed by atoms with E-state index in [1.54, 1.807) is 0 Å². The number of nitrogens with one attached hydrogen (secondary N) is 1. The SMILES string of the molecule is CCCC(N)CC(=O)Nc1ccc2oc(C3CC3)nc2c1. The number of nitrogens with zero attached hydrogens (tertiary/aromatic N) is 1. The topological polar surface area (TPSA) is 81.2 Å². The van der Waals surface area contributed by atoms with E-state index in [-0.39, 0.29) is 11.9 Å². The molecule has 3 rings (SSSR count). The number of hydrogen-bond donors (Lipinski definition) is 2. The minimum atomic E-state index is -0.0766. The predicted molar refractivity (Wildman–Crippen MR) is 82.1 cm³/mol. The molecule has 21 heavy (non-hydrogen) atoms. The molecule has 112 valence electrons. The highest BCUT2D eigenvalue weighted by Gasteiger charge is 2.28. The number of oxazole rings is 1. The van der Waals surface area contributed by atoms with Crippen LogP contribution in [0.4, 0.5) is 5.69 Å². The Morgan fingerprint density at radius 3 is 3.05 bits per heavy atom. The van der Waals surface area contributed by atoms with Gasteiger partial charge in [-0.25, -0.2) is 4.98 Å². The van der Waals surface area contributed by atoms with Crippen LogP contribution in [0.1, 0.15) is 50.8 Å². The summed E-state index contributed by atoms with van der Waals surface area (Å²) in [5, 5.41) is 2.88. The minimum absolute atomic E-state index is 0.0544. The Morgan fingerprint density at radius 1 is 1.52 bits per heavy atom. The highest BCUT2D eigenvalue weighted by molar-refractivity contribution is 5.93. The molecule has 1 fully saturated rings. The first kappa shape index (κ1) is 14.1. The lowest BCUT2D eigenvalue weighted by Crippen LogP contribution is -2.26. The molecular formula is C16H21N3O2. The second kappa shape index (κ2) is 5.85. The van der Waals surface area contributed by atoms with Gasteiger partial charge in [0.25, 0.3) is 0 Å². The lowest BCUT2D eigenvalue weighted by Gasteiger charge is -2.10. The molecule has 1 atom stereocenters. The smallest absolute Gasteiger partial charge is 0.225 e. The van der Waals surface area contributed by atoms with Crippen LogP contribution in [0.2, 0.25) is 0 Å². The van der Waals surface area contributed by atoms with Crippen LogP contribution in [0.15, 0.2) is 22.6 Å². The van der Waals surface area contributed by atoms with Crippen molar-refractivity contribution in [2.75, 3.05) is 5.32 Å². The van der Waals surface area contributed by atoms with Gasteiger partial charge in [0.15, 0.2) is 11.5 Å². The Morgan fingerprint density at radius 2 is 2.33 bits per heavy atom. The fraction of sp³-hybridized carbons (Fsp3) is 0.500. The number of hydrogen-bond acceptors (Lipinski definition) is 4. The minimum Gasteiger partial charge on any atom is -0.440 e. The molecule has 1 heterocycles. The molecule has 1 aromatic heterocycles. The molecule has 1 saturated carbocycles. The first-order valence-electron chi connectivity index (χ1n) is 7.61. The summed E-state index contributed by atoms with van der Waals surface area (Å²) in [6.45, 7) is 2.06. The van der Waals surface area contributed by atoms with Gasteiger partial charge >= 0.3 is 0 Å². The van der Waals surface area contributed by atoms with Gasteiger partial charge in [-0.3, -0.25) is 4.79 Å². The zero-order valence-electron chi connectivity index (χ0n) is 12.3. The van der Waals surface area contributed by atoms with Crippen LogP contribution in [0.25, 0.3) is 11.1 Å². The second-order valence-electron chi connectivity index (χ2n) is 5.81. The highest BCUT2D eigenvalue weighted by Crippen LogP contribution is 2.40. The van der Waals surface area contributed by atoms with Crippen molar-refractivity contribution in [3.05, 3.63) is 24.1 Å². The van der Waals surface area contributed by atoms with E-state index in [4.69, 9.17) is 10.2 Å². The van der Waals surface area contributed by atoms with Crippen LogP contribution in [0.5, 0.6) is 0 Å². The van der Waals surface area contributed by atoms with E-state index in [0.717, 1.165) is 48.4 Å². The monoisotopic (exact) mass is 287 g/mol. The zero-order chi connectivity index (χ0) is 14.8. The summed E-state index contributed by atoms with van der Waals surface area (Å²) in [7, 11) is 0. The fourth-order valence-electron chi connectivity index (χ4n) is 2.45. The van der Waals surface area contributed by atoms with Crippen molar-refractivity contribution in [1.82, 2.24) is 4.98 Å². The summed E-state index contributed by atoms with van der Waals surface area (Å²) in [5.41, 5.74) is 8.20. The number of nitrogens with two attached hydrogens (primary N) is 1. The third kappa shape index (κ3) is 3.42. The van der Waals surface area contributed by atoms with Gasteiger partial charge < -0.3 is 15.5 Å². The van der Waals surface area contributed by atoms with Gasteiger partial charge in [0.1, 0.15) is 5.52 Å². The maximum atomic E-state index is 11.9. The largest absolute Gasteiger partial charge is 0.440 e. The normalized spacial score (nSPS) is 16.1. The van der Waals surface area contributed by atoms with Crippen molar-refractivity contribution in [3.63, 3.8) is 0 Å². The molecule has 1 aliphatic carbocycles. The number of carbonyl (C=O) groups excluding carboxylic acids is 1. The molecule has 1 unspecified atom stereocenters. The third-order valence-corrected chi connectivity index (χ3v) is 3.72. The van der Waals surface area contributed by atoms with Crippen LogP contribution >= 0.6 is 0 Å². The zero-order valence-corrected chi connectivity index (χ0v) is 12.3. The van der Waals surface area contributed by atoms with E-state index >= 15 is 0 Å². The van der Waals surface area contributed by atoms with Crippen molar-refractivity contribution in [2.24, 2.45) is 5.73 Å².